The predicted molar refractivity (Wildman–Crippen MR) is 124 cm³/mol. The number of amides is 1. The largest absolute Gasteiger partial charge is 0.492 e. The minimum atomic E-state index is -3.66. The number of ether oxygens (including phenoxy) is 1. The number of nitrogens with one attached hydrogen (secondary N) is 1. The van der Waals surface area contributed by atoms with Gasteiger partial charge in [0.25, 0.3) is 0 Å². The van der Waals surface area contributed by atoms with E-state index in [1.54, 1.807) is 19.9 Å². The van der Waals surface area contributed by atoms with E-state index in [2.05, 4.69) is 21.2 Å². The lowest BCUT2D eigenvalue weighted by Crippen LogP contribution is -2.35. The fourth-order valence-corrected chi connectivity index (χ4v) is 4.79. The Kier molecular flexibility index (Phi) is 8.07. The number of benzene rings is 2. The van der Waals surface area contributed by atoms with E-state index in [9.17, 15) is 13.2 Å². The molecule has 0 aliphatic rings. The molecule has 2 rings (SSSR count). The van der Waals surface area contributed by atoms with Crippen molar-refractivity contribution in [3.8, 4) is 5.75 Å². The van der Waals surface area contributed by atoms with Crippen molar-refractivity contribution in [3.05, 3.63) is 52.5 Å². The molecule has 0 aromatic heterocycles. The number of hydrogen-bond donors (Lipinski definition) is 1. The second kappa shape index (κ2) is 9.94. The molecule has 2 aromatic rings. The van der Waals surface area contributed by atoms with Gasteiger partial charge in [-0.25, -0.2) is 8.42 Å². The van der Waals surface area contributed by atoms with Gasteiger partial charge in [0.15, 0.2) is 0 Å². The summed E-state index contributed by atoms with van der Waals surface area (Å²) < 4.78 is 33.8. The van der Waals surface area contributed by atoms with E-state index in [1.165, 1.54) is 16.4 Å². The lowest BCUT2D eigenvalue weighted by Gasteiger charge is -2.25. The van der Waals surface area contributed by atoms with Gasteiger partial charge in [-0.3, -0.25) is 4.79 Å². The van der Waals surface area contributed by atoms with Crippen LogP contribution in [0.15, 0.2) is 51.8 Å². The van der Waals surface area contributed by atoms with Crippen LogP contribution in [-0.4, -0.2) is 38.3 Å². The third-order valence-corrected chi connectivity index (χ3v) is 7.55. The molecule has 0 fully saturated rings. The number of anilines is 1. The van der Waals surface area contributed by atoms with Crippen molar-refractivity contribution < 1.29 is 17.9 Å². The van der Waals surface area contributed by atoms with Gasteiger partial charge in [-0.15, -0.1) is 0 Å². The molecule has 0 aliphatic carbocycles. The van der Waals surface area contributed by atoms with Crippen LogP contribution in [0.3, 0.4) is 0 Å². The van der Waals surface area contributed by atoms with Crippen LogP contribution >= 0.6 is 15.9 Å². The first-order valence-electron chi connectivity index (χ1n) is 9.92. The van der Waals surface area contributed by atoms with Gasteiger partial charge in [0, 0.05) is 17.6 Å². The SMILES string of the molecule is CCOc1ccc(S(=O)(=O)N(CC)CC)cc1NC(=O)C(C)(C)c1ccc(Br)cc1. The molecule has 0 saturated heterocycles. The smallest absolute Gasteiger partial charge is 0.243 e. The van der Waals surface area contributed by atoms with Crippen LogP contribution in [-0.2, 0) is 20.2 Å². The number of carbonyl (C=O) groups excluding carboxylic acids is 1. The molecule has 0 radical (unpaired) electrons. The molecule has 6 nitrogen and oxygen atoms in total. The van der Waals surface area contributed by atoms with E-state index in [-0.39, 0.29) is 10.8 Å². The number of rotatable bonds is 9. The quantitative estimate of drug-likeness (QED) is 0.541. The van der Waals surface area contributed by atoms with Crippen LogP contribution in [0, 0.1) is 0 Å². The molecular formula is C22H29BrN2O4S. The van der Waals surface area contributed by atoms with Crippen LogP contribution in [0.1, 0.15) is 40.2 Å². The Hall–Kier alpha value is -1.90. The molecule has 0 spiro atoms. The minimum absolute atomic E-state index is 0.117. The van der Waals surface area contributed by atoms with E-state index in [4.69, 9.17) is 4.74 Å². The highest BCUT2D eigenvalue weighted by Crippen LogP contribution is 2.32. The van der Waals surface area contributed by atoms with Gasteiger partial charge in [-0.2, -0.15) is 4.31 Å². The van der Waals surface area contributed by atoms with E-state index < -0.39 is 15.4 Å². The molecule has 0 saturated carbocycles. The van der Waals surface area contributed by atoms with Crippen LogP contribution < -0.4 is 10.1 Å². The van der Waals surface area contributed by atoms with Gasteiger partial charge in [0.2, 0.25) is 15.9 Å². The maximum Gasteiger partial charge on any atom is 0.243 e. The van der Waals surface area contributed by atoms with E-state index >= 15 is 0 Å². The summed E-state index contributed by atoms with van der Waals surface area (Å²) in [6.45, 7) is 10.2. The standard InChI is InChI=1S/C22H29BrN2O4S/c1-6-25(7-2)30(27,28)18-13-14-20(29-8-3)19(15-18)24-21(26)22(4,5)16-9-11-17(23)12-10-16/h9-15H,6-8H2,1-5H3,(H,24,26). The summed E-state index contributed by atoms with van der Waals surface area (Å²) in [6, 6.07) is 12.1. The highest BCUT2D eigenvalue weighted by Gasteiger charge is 2.31. The first kappa shape index (κ1) is 24.4. The van der Waals surface area contributed by atoms with Crippen LogP contribution in [0.2, 0.25) is 0 Å². The third kappa shape index (κ3) is 5.22. The highest BCUT2D eigenvalue weighted by atomic mass is 79.9. The molecule has 0 heterocycles. The Bertz CT molecular complexity index is 985. The first-order chi connectivity index (χ1) is 14.1. The Morgan fingerprint density at radius 2 is 1.67 bits per heavy atom. The van der Waals surface area contributed by atoms with E-state index in [1.807, 2.05) is 45.0 Å². The maximum atomic E-state index is 13.1. The highest BCUT2D eigenvalue weighted by molar-refractivity contribution is 9.10. The van der Waals surface area contributed by atoms with Crippen molar-refractivity contribution in [2.45, 2.75) is 44.9 Å². The number of sulfonamides is 1. The molecule has 0 atom stereocenters. The Balaban J connectivity index is 2.43. The van der Waals surface area contributed by atoms with Crippen LogP contribution in [0.4, 0.5) is 5.69 Å². The van der Waals surface area contributed by atoms with Gasteiger partial charge in [-0.1, -0.05) is 41.9 Å². The molecule has 0 bridgehead atoms. The van der Waals surface area contributed by atoms with Gasteiger partial charge in [0.05, 0.1) is 22.6 Å². The zero-order valence-electron chi connectivity index (χ0n) is 18.0. The third-order valence-electron chi connectivity index (χ3n) is 4.98. The number of nitrogens with zero attached hydrogens (tertiary/aromatic N) is 1. The fourth-order valence-electron chi connectivity index (χ4n) is 3.04. The molecule has 0 unspecified atom stereocenters. The number of carbonyl (C=O) groups is 1. The monoisotopic (exact) mass is 496 g/mol. The van der Waals surface area contributed by atoms with Crippen molar-refractivity contribution in [1.82, 2.24) is 4.31 Å². The minimum Gasteiger partial charge on any atom is -0.492 e. The number of hydrogen-bond acceptors (Lipinski definition) is 4. The summed E-state index contributed by atoms with van der Waals surface area (Å²) in [4.78, 5) is 13.3. The van der Waals surface area contributed by atoms with Gasteiger partial charge in [0.1, 0.15) is 5.75 Å². The molecule has 1 amide bonds. The molecular weight excluding hydrogens is 468 g/mol. The summed E-state index contributed by atoms with van der Waals surface area (Å²) in [6.07, 6.45) is 0. The van der Waals surface area contributed by atoms with Gasteiger partial charge in [-0.05, 0) is 56.7 Å². The predicted octanol–water partition coefficient (Wildman–Crippen LogP) is 4.79. The second-order valence-electron chi connectivity index (χ2n) is 7.27. The second-order valence-corrected chi connectivity index (χ2v) is 10.1. The maximum absolute atomic E-state index is 13.1. The number of halogens is 1. The Labute approximate surface area is 187 Å². The zero-order valence-corrected chi connectivity index (χ0v) is 20.4. The van der Waals surface area contributed by atoms with Crippen molar-refractivity contribution in [2.24, 2.45) is 0 Å². The van der Waals surface area contributed by atoms with Crippen molar-refractivity contribution in [1.29, 1.82) is 0 Å². The van der Waals surface area contributed by atoms with Crippen molar-refractivity contribution in [3.63, 3.8) is 0 Å². The lowest BCUT2D eigenvalue weighted by atomic mass is 9.83. The lowest BCUT2D eigenvalue weighted by molar-refractivity contribution is -0.120. The Morgan fingerprint density at radius 1 is 1.07 bits per heavy atom. The summed E-state index contributed by atoms with van der Waals surface area (Å²) in [5.74, 6) is 0.166. The summed E-state index contributed by atoms with van der Waals surface area (Å²) in [5, 5.41) is 2.88. The van der Waals surface area contributed by atoms with Gasteiger partial charge >= 0.3 is 0 Å². The summed E-state index contributed by atoms with van der Waals surface area (Å²) in [5.41, 5.74) is 0.339. The Morgan fingerprint density at radius 3 is 2.20 bits per heavy atom. The average molecular weight is 497 g/mol. The molecule has 164 valence electrons. The van der Waals surface area contributed by atoms with Gasteiger partial charge < -0.3 is 10.1 Å². The average Bonchev–Trinajstić information content (AvgIpc) is 2.70. The van der Waals surface area contributed by atoms with Crippen LogP contribution in [0.5, 0.6) is 5.75 Å². The topological polar surface area (TPSA) is 75.7 Å². The molecule has 0 aliphatic heterocycles. The molecule has 30 heavy (non-hydrogen) atoms. The zero-order chi connectivity index (χ0) is 22.5. The molecule has 8 heteroatoms. The molecule has 2 aromatic carbocycles. The van der Waals surface area contributed by atoms with E-state index in [0.29, 0.717) is 31.1 Å². The van der Waals surface area contributed by atoms with Crippen molar-refractivity contribution in [2.75, 3.05) is 25.0 Å². The van der Waals surface area contributed by atoms with Crippen LogP contribution in [0.25, 0.3) is 0 Å². The normalized spacial score (nSPS) is 12.1. The van der Waals surface area contributed by atoms with E-state index in [0.717, 1.165) is 10.0 Å². The molecule has 1 N–H and O–H groups in total. The summed E-state index contributed by atoms with van der Waals surface area (Å²) >= 11 is 3.40. The fraction of sp³-hybridized carbons (Fsp3) is 0.409. The first-order valence-corrected chi connectivity index (χ1v) is 12.2. The summed E-state index contributed by atoms with van der Waals surface area (Å²) in [7, 11) is -3.66. The van der Waals surface area contributed by atoms with Crippen molar-refractivity contribution >= 4 is 37.5 Å².